The Kier molecular flexibility index (Phi) is 8.34. The number of carbonyl (C=O) groups excluding carboxylic acids is 2. The zero-order valence-corrected chi connectivity index (χ0v) is 23.5. The summed E-state index contributed by atoms with van der Waals surface area (Å²) in [6.07, 6.45) is 0.595. The Morgan fingerprint density at radius 3 is 2.54 bits per heavy atom. The molecule has 1 N–H and O–H groups in total. The number of rotatable bonds is 6. The molecule has 0 unspecified atom stereocenters. The molecule has 180 valence electrons. The van der Waals surface area contributed by atoms with Crippen molar-refractivity contribution >= 4 is 29.3 Å². The van der Waals surface area contributed by atoms with Gasteiger partial charge in [0.1, 0.15) is 10.8 Å². The molecule has 0 saturated heterocycles. The molecule has 37 heavy (non-hydrogen) atoms. The number of amides is 1. The second-order valence-corrected chi connectivity index (χ2v) is 9.51. The van der Waals surface area contributed by atoms with Gasteiger partial charge in [-0.15, -0.1) is 0 Å². The van der Waals surface area contributed by atoms with Gasteiger partial charge in [0.05, 0.1) is 17.3 Å². The molecule has 0 saturated carbocycles. The summed E-state index contributed by atoms with van der Waals surface area (Å²) in [4.78, 5) is 33.3. The summed E-state index contributed by atoms with van der Waals surface area (Å²) >= 11 is 1.29. The van der Waals surface area contributed by atoms with Crippen molar-refractivity contribution in [3.63, 3.8) is 0 Å². The number of carboxylic acids is 1. The summed E-state index contributed by atoms with van der Waals surface area (Å²) in [5.41, 5.74) is 5.28. The van der Waals surface area contributed by atoms with Crippen LogP contribution in [-0.4, -0.2) is 27.6 Å². The largest absolute Gasteiger partial charge is 1.00 e. The minimum Gasteiger partial charge on any atom is -0.545 e. The van der Waals surface area contributed by atoms with Crippen LogP contribution >= 0.6 is 11.8 Å². The number of nitrogens with zero attached hydrogens (tertiary/aromatic N) is 2. The Hall–Kier alpha value is -3.17. The summed E-state index contributed by atoms with van der Waals surface area (Å²) in [6, 6.07) is 19.9. The van der Waals surface area contributed by atoms with E-state index in [0.717, 1.165) is 33.6 Å². The van der Waals surface area contributed by atoms with Crippen LogP contribution in [0.3, 0.4) is 0 Å². The van der Waals surface area contributed by atoms with Crippen molar-refractivity contribution in [3.8, 4) is 23.0 Å². The number of para-hydroxylation sites is 1. The molecule has 0 bridgehead atoms. The monoisotopic (exact) mass is 519 g/mol. The first-order valence-corrected chi connectivity index (χ1v) is 12.3. The Labute approximate surface area is 241 Å². The quantitative estimate of drug-likeness (QED) is 0.206. The molecular weight excluding hydrogens is 497 g/mol. The van der Waals surface area contributed by atoms with Crippen molar-refractivity contribution in [3.05, 3.63) is 94.5 Å². The number of benzene rings is 3. The number of ether oxygens (including phenoxy) is 1. The molecule has 1 aliphatic rings. The van der Waals surface area contributed by atoms with Gasteiger partial charge in [-0.2, -0.15) is 4.98 Å². The SMILES string of the molecule is Cc1ccc(-c2nc3c(c(SCC(=O)Nc4cccc(C(=O)[O-])c4)n2)Cc2cccc(C)c2O3)cc1.[Na+]. The number of thioether (sulfide) groups is 1. The Bertz CT molecular complexity index is 1490. The van der Waals surface area contributed by atoms with Gasteiger partial charge in [0, 0.05) is 17.7 Å². The number of aryl methyl sites for hydroxylation is 2. The molecule has 0 radical (unpaired) electrons. The fourth-order valence-electron chi connectivity index (χ4n) is 3.97. The van der Waals surface area contributed by atoms with Crippen LogP contribution in [0.15, 0.2) is 71.8 Å². The van der Waals surface area contributed by atoms with Crippen LogP contribution in [-0.2, 0) is 11.2 Å². The van der Waals surface area contributed by atoms with Gasteiger partial charge >= 0.3 is 29.6 Å². The molecule has 0 fully saturated rings. The molecule has 1 amide bonds. The van der Waals surface area contributed by atoms with E-state index in [1.54, 1.807) is 12.1 Å². The summed E-state index contributed by atoms with van der Waals surface area (Å²) in [5.74, 6) is 0.315. The predicted octanol–water partition coefficient (Wildman–Crippen LogP) is 1.56. The fraction of sp³-hybridized carbons (Fsp3) is 0.143. The Morgan fingerprint density at radius 2 is 1.78 bits per heavy atom. The van der Waals surface area contributed by atoms with Crippen molar-refractivity contribution in [1.29, 1.82) is 0 Å². The molecule has 3 aromatic carbocycles. The molecule has 0 aliphatic carbocycles. The van der Waals surface area contributed by atoms with E-state index in [1.165, 1.54) is 23.9 Å². The van der Waals surface area contributed by atoms with E-state index in [4.69, 9.17) is 14.7 Å². The van der Waals surface area contributed by atoms with Crippen molar-refractivity contribution in [2.75, 3.05) is 11.1 Å². The predicted molar refractivity (Wildman–Crippen MR) is 136 cm³/mol. The molecule has 7 nitrogen and oxygen atoms in total. The van der Waals surface area contributed by atoms with Crippen LogP contribution in [0.2, 0.25) is 0 Å². The van der Waals surface area contributed by atoms with Gasteiger partial charge in [-0.05, 0) is 42.7 Å². The summed E-state index contributed by atoms with van der Waals surface area (Å²) < 4.78 is 6.25. The number of carboxylic acid groups (broad SMARTS) is 1. The van der Waals surface area contributed by atoms with Crippen LogP contribution in [0.25, 0.3) is 11.4 Å². The number of hydrogen-bond acceptors (Lipinski definition) is 7. The van der Waals surface area contributed by atoms with E-state index in [0.29, 0.717) is 28.8 Å². The molecule has 2 heterocycles. The number of carbonyl (C=O) groups is 2. The maximum absolute atomic E-state index is 12.7. The van der Waals surface area contributed by atoms with E-state index in [9.17, 15) is 14.7 Å². The van der Waals surface area contributed by atoms with E-state index >= 15 is 0 Å². The summed E-state index contributed by atoms with van der Waals surface area (Å²) in [7, 11) is 0. The molecular formula is C28H22N3NaO4S. The van der Waals surface area contributed by atoms with E-state index in [-0.39, 0.29) is 46.8 Å². The minimum atomic E-state index is -1.30. The van der Waals surface area contributed by atoms with E-state index < -0.39 is 5.97 Å². The van der Waals surface area contributed by atoms with Gasteiger partial charge in [-0.3, -0.25) is 4.79 Å². The summed E-state index contributed by atoms with van der Waals surface area (Å²) in [6.45, 7) is 4.02. The van der Waals surface area contributed by atoms with Crippen molar-refractivity contribution in [1.82, 2.24) is 9.97 Å². The first kappa shape index (κ1) is 26.9. The number of aromatic nitrogens is 2. The maximum Gasteiger partial charge on any atom is 1.00 e. The second kappa shape index (κ2) is 11.5. The smallest absolute Gasteiger partial charge is 0.545 e. The first-order chi connectivity index (χ1) is 17.4. The minimum absolute atomic E-state index is 0. The number of nitrogens with one attached hydrogen (secondary N) is 1. The van der Waals surface area contributed by atoms with Gasteiger partial charge in [-0.25, -0.2) is 4.98 Å². The molecule has 0 spiro atoms. The normalized spacial score (nSPS) is 11.4. The van der Waals surface area contributed by atoms with Crippen molar-refractivity contribution in [2.24, 2.45) is 0 Å². The van der Waals surface area contributed by atoms with Gasteiger partial charge in [-0.1, -0.05) is 71.9 Å². The average molecular weight is 520 g/mol. The van der Waals surface area contributed by atoms with Crippen LogP contribution in [0.1, 0.15) is 32.6 Å². The first-order valence-electron chi connectivity index (χ1n) is 11.4. The van der Waals surface area contributed by atoms with Gasteiger partial charge in [0.25, 0.3) is 0 Å². The topological polar surface area (TPSA) is 104 Å². The third-order valence-electron chi connectivity index (χ3n) is 5.82. The Morgan fingerprint density at radius 1 is 1.03 bits per heavy atom. The third-order valence-corrected chi connectivity index (χ3v) is 6.84. The molecule has 1 aliphatic heterocycles. The van der Waals surface area contributed by atoms with Crippen molar-refractivity contribution < 1.29 is 49.0 Å². The van der Waals surface area contributed by atoms with Crippen LogP contribution in [0.4, 0.5) is 5.69 Å². The standard InChI is InChI=1S/C28H23N3O4S.Na/c1-16-9-11-18(12-10-16)25-30-26-22(14-19-6-3-5-17(2)24(19)35-26)27(31-25)36-15-23(32)29-21-8-4-7-20(13-21)28(33)34;/h3-13H,14-15H2,1-2H3,(H,29,32)(H,33,34);/q;+1/p-1. The van der Waals surface area contributed by atoms with E-state index in [2.05, 4.69) is 5.32 Å². The molecule has 4 aromatic rings. The molecule has 9 heteroatoms. The third kappa shape index (κ3) is 6.05. The van der Waals surface area contributed by atoms with Gasteiger partial charge in [0.2, 0.25) is 11.8 Å². The molecule has 1 aromatic heterocycles. The summed E-state index contributed by atoms with van der Waals surface area (Å²) in [5, 5.41) is 14.5. The fourth-order valence-corrected chi connectivity index (χ4v) is 4.80. The maximum atomic E-state index is 12.7. The zero-order chi connectivity index (χ0) is 25.2. The van der Waals surface area contributed by atoms with E-state index in [1.807, 2.05) is 56.3 Å². The van der Waals surface area contributed by atoms with Crippen molar-refractivity contribution in [2.45, 2.75) is 25.3 Å². The van der Waals surface area contributed by atoms with Crippen LogP contribution in [0.5, 0.6) is 11.6 Å². The van der Waals surface area contributed by atoms with Gasteiger partial charge < -0.3 is 20.0 Å². The van der Waals surface area contributed by atoms with Crippen LogP contribution < -0.4 is 44.7 Å². The average Bonchev–Trinajstić information content (AvgIpc) is 2.87. The number of aromatic carboxylic acids is 1. The number of anilines is 1. The van der Waals surface area contributed by atoms with Gasteiger partial charge in [0.15, 0.2) is 5.82 Å². The number of hydrogen-bond donors (Lipinski definition) is 1. The van der Waals surface area contributed by atoms with Crippen LogP contribution in [0, 0.1) is 13.8 Å². The number of fused-ring (bicyclic) bond motifs is 2. The molecule has 5 rings (SSSR count). The Balaban J connectivity index is 0.00000320. The molecule has 0 atom stereocenters. The second-order valence-electron chi connectivity index (χ2n) is 8.55. The zero-order valence-electron chi connectivity index (χ0n) is 20.7.